The fraction of sp³-hybridized carbons (Fsp3) is 0.0588. The molecule has 23 heavy (non-hydrogen) atoms. The molecular weight excluding hydrogens is 363 g/mol. The molecule has 0 atom stereocenters. The molecule has 2 N–H and O–H groups in total. The van der Waals surface area contributed by atoms with E-state index < -0.39 is 11.7 Å². The van der Waals surface area contributed by atoms with Gasteiger partial charge >= 0.3 is 0 Å². The van der Waals surface area contributed by atoms with Crippen molar-refractivity contribution in [3.63, 3.8) is 0 Å². The molecule has 0 aliphatic rings. The summed E-state index contributed by atoms with van der Waals surface area (Å²) in [5.74, 6) is -1.11. The summed E-state index contributed by atoms with van der Waals surface area (Å²) in [6.07, 6.45) is 0. The Hall–Kier alpha value is -2.47. The normalized spacial score (nSPS) is 10.9. The van der Waals surface area contributed by atoms with Gasteiger partial charge in [-0.3, -0.25) is 14.2 Å². The highest BCUT2D eigenvalue weighted by molar-refractivity contribution is 9.08. The second-order valence-corrected chi connectivity index (χ2v) is 5.55. The van der Waals surface area contributed by atoms with Crippen LogP contribution in [0, 0.1) is 5.82 Å². The average molecular weight is 375 g/mol. The second kappa shape index (κ2) is 5.96. The fourth-order valence-electron chi connectivity index (χ4n) is 2.69. The maximum absolute atomic E-state index is 13.6. The van der Waals surface area contributed by atoms with Crippen molar-refractivity contribution < 1.29 is 9.18 Å². The molecule has 0 bridgehead atoms. The zero-order valence-corrected chi connectivity index (χ0v) is 13.5. The monoisotopic (exact) mass is 374 g/mol. The number of alkyl halides is 1. The van der Waals surface area contributed by atoms with Gasteiger partial charge in [0.25, 0.3) is 11.5 Å². The van der Waals surface area contributed by atoms with Crippen LogP contribution in [0.4, 0.5) is 4.39 Å². The molecular formula is C17H12BrFN2O2. The van der Waals surface area contributed by atoms with Crippen molar-refractivity contribution in [2.75, 3.05) is 0 Å². The number of fused-ring (bicyclic) bond motifs is 1. The van der Waals surface area contributed by atoms with Crippen molar-refractivity contribution in [3.05, 3.63) is 76.0 Å². The highest BCUT2D eigenvalue weighted by Gasteiger charge is 2.20. The van der Waals surface area contributed by atoms with Gasteiger partial charge in [-0.05, 0) is 24.3 Å². The van der Waals surface area contributed by atoms with Crippen molar-refractivity contribution in [1.29, 1.82) is 0 Å². The van der Waals surface area contributed by atoms with E-state index in [1.165, 1.54) is 22.8 Å². The maximum Gasteiger partial charge on any atom is 0.263 e. The number of carbonyl (C=O) groups excluding carboxylic acids is 1. The second-order valence-electron chi connectivity index (χ2n) is 4.99. The van der Waals surface area contributed by atoms with Gasteiger partial charge in [0.2, 0.25) is 0 Å². The molecule has 116 valence electrons. The Morgan fingerprint density at radius 3 is 2.43 bits per heavy atom. The van der Waals surface area contributed by atoms with Gasteiger partial charge < -0.3 is 5.73 Å². The van der Waals surface area contributed by atoms with E-state index in [1.54, 1.807) is 30.3 Å². The largest absolute Gasteiger partial charge is 0.366 e. The van der Waals surface area contributed by atoms with E-state index in [2.05, 4.69) is 15.9 Å². The molecule has 0 aliphatic carbocycles. The molecule has 0 radical (unpaired) electrons. The van der Waals surface area contributed by atoms with Crippen LogP contribution >= 0.6 is 15.9 Å². The van der Waals surface area contributed by atoms with Crippen molar-refractivity contribution in [2.45, 2.75) is 5.33 Å². The molecule has 0 saturated carbocycles. The predicted molar refractivity (Wildman–Crippen MR) is 90.7 cm³/mol. The Kier molecular flexibility index (Phi) is 4.00. The van der Waals surface area contributed by atoms with E-state index >= 15 is 0 Å². The minimum Gasteiger partial charge on any atom is -0.366 e. The van der Waals surface area contributed by atoms with Crippen molar-refractivity contribution in [2.24, 2.45) is 5.73 Å². The van der Waals surface area contributed by atoms with E-state index in [9.17, 15) is 14.0 Å². The Morgan fingerprint density at radius 2 is 1.83 bits per heavy atom. The van der Waals surface area contributed by atoms with E-state index in [-0.39, 0.29) is 16.5 Å². The Bertz CT molecular complexity index is 982. The van der Waals surface area contributed by atoms with Crippen molar-refractivity contribution >= 4 is 32.6 Å². The minimum atomic E-state index is -0.638. The molecule has 3 aromatic rings. The number of nitrogens with zero attached hydrogens (tertiary/aromatic N) is 1. The number of rotatable bonds is 3. The fourth-order valence-corrected chi connectivity index (χ4v) is 3.22. The van der Waals surface area contributed by atoms with Gasteiger partial charge in [-0.2, -0.15) is 0 Å². The first kappa shape index (κ1) is 15.4. The first-order valence-corrected chi connectivity index (χ1v) is 7.95. The molecule has 0 aliphatic heterocycles. The zero-order valence-electron chi connectivity index (χ0n) is 11.9. The molecule has 0 saturated heterocycles. The number of amides is 1. The van der Waals surface area contributed by atoms with E-state index in [0.29, 0.717) is 22.2 Å². The van der Waals surface area contributed by atoms with Crippen molar-refractivity contribution in [1.82, 2.24) is 4.57 Å². The van der Waals surface area contributed by atoms with Crippen LogP contribution in [0.15, 0.2) is 53.3 Å². The summed E-state index contributed by atoms with van der Waals surface area (Å²) in [6, 6.07) is 12.4. The third-order valence-corrected chi connectivity index (χ3v) is 4.16. The lowest BCUT2D eigenvalue weighted by molar-refractivity contribution is 0.100. The quantitative estimate of drug-likeness (QED) is 0.715. The number of hydrogen-bond acceptors (Lipinski definition) is 2. The highest BCUT2D eigenvalue weighted by atomic mass is 79.9. The summed E-state index contributed by atoms with van der Waals surface area (Å²) in [6.45, 7) is 0. The van der Waals surface area contributed by atoms with Gasteiger partial charge in [-0.25, -0.2) is 4.39 Å². The summed E-state index contributed by atoms with van der Waals surface area (Å²) < 4.78 is 14.9. The molecule has 0 spiro atoms. The first-order valence-electron chi connectivity index (χ1n) is 6.83. The van der Waals surface area contributed by atoms with Crippen LogP contribution in [-0.4, -0.2) is 10.5 Å². The third kappa shape index (κ3) is 2.55. The molecule has 2 aromatic carbocycles. The number of hydrogen-bond donors (Lipinski definition) is 1. The topological polar surface area (TPSA) is 65.1 Å². The lowest BCUT2D eigenvalue weighted by Crippen LogP contribution is -2.27. The molecule has 0 fully saturated rings. The van der Waals surface area contributed by atoms with Gasteiger partial charge in [0.15, 0.2) is 0 Å². The van der Waals surface area contributed by atoms with Crippen LogP contribution in [0.3, 0.4) is 0 Å². The van der Waals surface area contributed by atoms with E-state index in [1.807, 2.05) is 0 Å². The number of halogens is 2. The summed E-state index contributed by atoms with van der Waals surface area (Å²) in [5.41, 5.74) is 6.20. The molecule has 4 nitrogen and oxygen atoms in total. The summed E-state index contributed by atoms with van der Waals surface area (Å²) in [5, 5.41) is 1.07. The van der Waals surface area contributed by atoms with Crippen LogP contribution in [-0.2, 0) is 5.33 Å². The zero-order chi connectivity index (χ0) is 16.6. The van der Waals surface area contributed by atoms with Gasteiger partial charge in [0.1, 0.15) is 5.82 Å². The standard InChI is InChI=1S/C17H12BrFN2O2/c18-9-14-15(16(20)22)12-6-1-2-7-13(12)17(23)21(14)11-5-3-4-10(19)8-11/h1-8H,9H2,(H2,20,22). The number of primary amides is 1. The Morgan fingerprint density at radius 1 is 1.13 bits per heavy atom. The average Bonchev–Trinajstić information content (AvgIpc) is 2.54. The number of benzene rings is 2. The Labute approximate surface area is 139 Å². The predicted octanol–water partition coefficient (Wildman–Crippen LogP) is 3.12. The summed E-state index contributed by atoms with van der Waals surface area (Å²) in [7, 11) is 0. The van der Waals surface area contributed by atoms with Crippen molar-refractivity contribution in [3.8, 4) is 5.69 Å². The molecule has 1 aromatic heterocycles. The number of nitrogens with two attached hydrogens (primary N) is 1. The van der Waals surface area contributed by atoms with Crippen LogP contribution in [0.25, 0.3) is 16.5 Å². The SMILES string of the molecule is NC(=O)c1c(CBr)n(-c2cccc(F)c2)c(=O)c2ccccc12. The number of pyridine rings is 1. The van der Waals surface area contributed by atoms with Gasteiger partial charge in [0.05, 0.1) is 16.9 Å². The van der Waals surface area contributed by atoms with Crippen LogP contribution in [0.5, 0.6) is 0 Å². The lowest BCUT2D eigenvalue weighted by Gasteiger charge is -2.17. The highest BCUT2D eigenvalue weighted by Crippen LogP contribution is 2.24. The summed E-state index contributed by atoms with van der Waals surface area (Å²) >= 11 is 3.30. The van der Waals surface area contributed by atoms with Gasteiger partial charge in [-0.15, -0.1) is 0 Å². The van der Waals surface area contributed by atoms with Crippen LogP contribution in [0.2, 0.25) is 0 Å². The third-order valence-electron chi connectivity index (χ3n) is 3.63. The number of carbonyl (C=O) groups is 1. The molecule has 6 heteroatoms. The lowest BCUT2D eigenvalue weighted by atomic mass is 10.0. The van der Waals surface area contributed by atoms with Crippen LogP contribution < -0.4 is 11.3 Å². The minimum absolute atomic E-state index is 0.224. The van der Waals surface area contributed by atoms with E-state index in [0.717, 1.165) is 0 Å². The van der Waals surface area contributed by atoms with Gasteiger partial charge in [-0.1, -0.05) is 40.2 Å². The first-order chi connectivity index (χ1) is 11.0. The molecule has 3 rings (SSSR count). The smallest absolute Gasteiger partial charge is 0.263 e. The molecule has 0 unspecified atom stereocenters. The molecule has 1 amide bonds. The van der Waals surface area contributed by atoms with Crippen LogP contribution in [0.1, 0.15) is 16.1 Å². The Balaban J connectivity index is 2.54. The van der Waals surface area contributed by atoms with E-state index in [4.69, 9.17) is 5.73 Å². The summed E-state index contributed by atoms with van der Waals surface area (Å²) in [4.78, 5) is 24.8. The van der Waals surface area contributed by atoms with Gasteiger partial charge in [0, 0.05) is 16.1 Å². The molecule has 1 heterocycles. The number of aromatic nitrogens is 1. The maximum atomic E-state index is 13.6.